The first-order chi connectivity index (χ1) is 6.73. The summed E-state index contributed by atoms with van der Waals surface area (Å²) in [4.78, 5) is 0. The molecule has 2 rings (SSSR count). The van der Waals surface area contributed by atoms with Crippen molar-refractivity contribution in [3.8, 4) is 5.75 Å². The number of ether oxygens (including phenoxy) is 1. The third-order valence-electron chi connectivity index (χ3n) is 3.41. The summed E-state index contributed by atoms with van der Waals surface area (Å²) in [6.07, 6.45) is 3.54. The lowest BCUT2D eigenvalue weighted by atomic mass is 9.79. The lowest BCUT2D eigenvalue weighted by Crippen LogP contribution is -2.18. The fraction of sp³-hybridized carbons (Fsp3) is 0.538. The molecule has 0 spiro atoms. The summed E-state index contributed by atoms with van der Waals surface area (Å²) in [5.41, 5.74) is 1.79. The minimum absolute atomic E-state index is 0.423. The number of hydrogen-bond donors (Lipinski definition) is 0. The van der Waals surface area contributed by atoms with Gasteiger partial charge < -0.3 is 4.74 Å². The van der Waals surface area contributed by atoms with Gasteiger partial charge in [0.05, 0.1) is 6.61 Å². The van der Waals surface area contributed by atoms with Crippen LogP contribution in [0.2, 0.25) is 0 Å². The van der Waals surface area contributed by atoms with E-state index in [0.717, 1.165) is 25.2 Å². The Kier molecular flexibility index (Phi) is 2.49. The smallest absolute Gasteiger partial charge is 0.122 e. The molecule has 14 heavy (non-hydrogen) atoms. The third-order valence-corrected chi connectivity index (χ3v) is 3.41. The molecule has 0 radical (unpaired) electrons. The van der Waals surface area contributed by atoms with Crippen LogP contribution >= 0.6 is 0 Å². The van der Waals surface area contributed by atoms with Gasteiger partial charge in [-0.2, -0.15) is 0 Å². The first kappa shape index (κ1) is 9.57. The molecular weight excluding hydrogens is 172 g/mol. The molecule has 1 heterocycles. The summed E-state index contributed by atoms with van der Waals surface area (Å²) in [6, 6.07) is 8.42. The van der Waals surface area contributed by atoms with Crippen molar-refractivity contribution in [1.82, 2.24) is 0 Å². The predicted octanol–water partition coefficient (Wildman–Crippen LogP) is 3.43. The maximum absolute atomic E-state index is 5.75. The maximum Gasteiger partial charge on any atom is 0.122 e. The zero-order chi connectivity index (χ0) is 10.0. The highest BCUT2D eigenvalue weighted by molar-refractivity contribution is 5.34. The van der Waals surface area contributed by atoms with Gasteiger partial charge in [-0.15, -0.1) is 0 Å². The summed E-state index contributed by atoms with van der Waals surface area (Å²) in [5.74, 6) is 1.09. The van der Waals surface area contributed by atoms with E-state index in [1.807, 2.05) is 6.07 Å². The number of hydrogen-bond acceptors (Lipinski definition) is 1. The second kappa shape index (κ2) is 3.64. The molecule has 0 amide bonds. The van der Waals surface area contributed by atoms with Crippen LogP contribution in [0, 0.1) is 5.41 Å². The average molecular weight is 190 g/mol. The van der Waals surface area contributed by atoms with Crippen LogP contribution in [0.3, 0.4) is 0 Å². The molecule has 1 aromatic carbocycles. The molecule has 1 unspecified atom stereocenters. The average Bonchev–Trinajstić information content (AvgIpc) is 2.37. The van der Waals surface area contributed by atoms with E-state index >= 15 is 0 Å². The Morgan fingerprint density at radius 3 is 2.93 bits per heavy atom. The highest BCUT2D eigenvalue weighted by Crippen LogP contribution is 2.36. The number of benzene rings is 1. The molecular formula is C13H18O. The molecule has 0 saturated heterocycles. The maximum atomic E-state index is 5.75. The van der Waals surface area contributed by atoms with E-state index in [1.54, 1.807) is 0 Å². The summed E-state index contributed by atoms with van der Waals surface area (Å²) in [6.45, 7) is 5.49. The number of fused-ring (bicyclic) bond motifs is 1. The van der Waals surface area contributed by atoms with E-state index in [9.17, 15) is 0 Å². The van der Waals surface area contributed by atoms with Crippen molar-refractivity contribution >= 4 is 0 Å². The fourth-order valence-corrected chi connectivity index (χ4v) is 2.05. The van der Waals surface area contributed by atoms with Crippen molar-refractivity contribution in [3.05, 3.63) is 29.8 Å². The Hall–Kier alpha value is -0.980. The van der Waals surface area contributed by atoms with Gasteiger partial charge in [-0.05, 0) is 29.9 Å². The van der Waals surface area contributed by atoms with Gasteiger partial charge >= 0.3 is 0 Å². The van der Waals surface area contributed by atoms with Crippen LogP contribution in [-0.2, 0) is 6.42 Å². The molecule has 1 heteroatoms. The van der Waals surface area contributed by atoms with Crippen molar-refractivity contribution in [2.75, 3.05) is 6.61 Å². The second-order valence-electron chi connectivity index (χ2n) is 4.55. The molecule has 0 aliphatic carbocycles. The van der Waals surface area contributed by atoms with Gasteiger partial charge in [-0.25, -0.2) is 0 Å². The van der Waals surface area contributed by atoms with Gasteiger partial charge in [0.25, 0.3) is 0 Å². The van der Waals surface area contributed by atoms with E-state index in [2.05, 4.69) is 32.0 Å². The SMILES string of the molecule is CCC1(C)CCOc2ccccc2C1. The monoisotopic (exact) mass is 190 g/mol. The van der Waals surface area contributed by atoms with Gasteiger partial charge in [-0.3, -0.25) is 0 Å². The minimum atomic E-state index is 0.423. The highest BCUT2D eigenvalue weighted by atomic mass is 16.5. The van der Waals surface area contributed by atoms with Crippen molar-refractivity contribution in [2.45, 2.75) is 33.1 Å². The molecule has 1 aliphatic rings. The minimum Gasteiger partial charge on any atom is -0.493 e. The molecule has 0 fully saturated rings. The molecule has 0 saturated carbocycles. The standard InChI is InChI=1S/C13H18O/c1-3-13(2)8-9-14-12-7-5-4-6-11(12)10-13/h4-7H,3,8-10H2,1-2H3. The van der Waals surface area contributed by atoms with Gasteiger partial charge in [-0.1, -0.05) is 38.5 Å². The van der Waals surface area contributed by atoms with Gasteiger partial charge in [0.15, 0.2) is 0 Å². The van der Waals surface area contributed by atoms with E-state index in [4.69, 9.17) is 4.74 Å². The first-order valence-corrected chi connectivity index (χ1v) is 5.44. The first-order valence-electron chi connectivity index (χ1n) is 5.44. The zero-order valence-electron chi connectivity index (χ0n) is 9.05. The van der Waals surface area contributed by atoms with E-state index in [-0.39, 0.29) is 0 Å². The van der Waals surface area contributed by atoms with Crippen LogP contribution in [0.25, 0.3) is 0 Å². The Morgan fingerprint density at radius 2 is 2.14 bits per heavy atom. The predicted molar refractivity (Wildman–Crippen MR) is 58.7 cm³/mol. The number of rotatable bonds is 1. The third kappa shape index (κ3) is 1.77. The molecule has 0 bridgehead atoms. The Bertz CT molecular complexity index is 319. The largest absolute Gasteiger partial charge is 0.493 e. The molecule has 76 valence electrons. The van der Waals surface area contributed by atoms with Crippen molar-refractivity contribution in [2.24, 2.45) is 5.41 Å². The van der Waals surface area contributed by atoms with Gasteiger partial charge in [0.1, 0.15) is 5.75 Å². The van der Waals surface area contributed by atoms with Crippen LogP contribution in [0.1, 0.15) is 32.3 Å². The van der Waals surface area contributed by atoms with Crippen LogP contribution in [0.15, 0.2) is 24.3 Å². The second-order valence-corrected chi connectivity index (χ2v) is 4.55. The van der Waals surface area contributed by atoms with Crippen LogP contribution in [0.5, 0.6) is 5.75 Å². The van der Waals surface area contributed by atoms with Crippen LogP contribution in [-0.4, -0.2) is 6.61 Å². The Morgan fingerprint density at radius 1 is 1.36 bits per heavy atom. The molecule has 1 aromatic rings. The highest BCUT2D eigenvalue weighted by Gasteiger charge is 2.26. The van der Waals surface area contributed by atoms with Crippen molar-refractivity contribution in [1.29, 1.82) is 0 Å². The number of para-hydroxylation sites is 1. The summed E-state index contributed by atoms with van der Waals surface area (Å²) < 4.78 is 5.75. The summed E-state index contributed by atoms with van der Waals surface area (Å²) in [7, 11) is 0. The quantitative estimate of drug-likeness (QED) is 0.659. The van der Waals surface area contributed by atoms with Crippen LogP contribution in [0.4, 0.5) is 0 Å². The van der Waals surface area contributed by atoms with Crippen LogP contribution < -0.4 is 4.74 Å². The molecule has 0 aromatic heterocycles. The van der Waals surface area contributed by atoms with Crippen molar-refractivity contribution in [3.63, 3.8) is 0 Å². The lowest BCUT2D eigenvalue weighted by Gasteiger charge is -2.25. The zero-order valence-corrected chi connectivity index (χ0v) is 9.05. The van der Waals surface area contributed by atoms with E-state index in [0.29, 0.717) is 5.41 Å². The molecule has 1 nitrogen and oxygen atoms in total. The summed E-state index contributed by atoms with van der Waals surface area (Å²) >= 11 is 0. The molecule has 0 N–H and O–H groups in total. The topological polar surface area (TPSA) is 9.23 Å². The van der Waals surface area contributed by atoms with Gasteiger partial charge in [0.2, 0.25) is 0 Å². The summed E-state index contributed by atoms with van der Waals surface area (Å²) in [5, 5.41) is 0. The Balaban J connectivity index is 2.31. The fourth-order valence-electron chi connectivity index (χ4n) is 2.05. The van der Waals surface area contributed by atoms with E-state index < -0.39 is 0 Å². The molecule has 1 aliphatic heterocycles. The Labute approximate surface area is 86.1 Å². The van der Waals surface area contributed by atoms with Gasteiger partial charge in [0, 0.05) is 0 Å². The lowest BCUT2D eigenvalue weighted by molar-refractivity contribution is 0.226. The normalized spacial score (nSPS) is 26.1. The van der Waals surface area contributed by atoms with Crippen molar-refractivity contribution < 1.29 is 4.74 Å². The molecule has 1 atom stereocenters. The van der Waals surface area contributed by atoms with E-state index in [1.165, 1.54) is 12.0 Å².